The lowest BCUT2D eigenvalue weighted by Crippen LogP contribution is -2.60. The van der Waals surface area contributed by atoms with E-state index in [9.17, 15) is 28.7 Å². The van der Waals surface area contributed by atoms with Gasteiger partial charge in [0.15, 0.2) is 21.2 Å². The third-order valence-corrected chi connectivity index (χ3v) is 9.91. The van der Waals surface area contributed by atoms with Crippen molar-refractivity contribution in [1.82, 2.24) is 5.32 Å². The number of rotatable bonds is 4. The average Bonchev–Trinajstić information content (AvgIpc) is 3.30. The number of hydrogen-bond donors (Lipinski definition) is 2. The molecule has 2 aromatic carbocycles. The predicted molar refractivity (Wildman–Crippen MR) is 144 cm³/mol. The molecule has 2 aliphatic carbocycles. The summed E-state index contributed by atoms with van der Waals surface area (Å²) in [4.78, 5) is 50.4. The first-order chi connectivity index (χ1) is 19.0. The number of nitrogens with one attached hydrogen (secondary N) is 1. The fourth-order valence-corrected chi connectivity index (χ4v) is 7.45. The van der Waals surface area contributed by atoms with Gasteiger partial charge in [-0.1, -0.05) is 29.9 Å². The molecule has 0 radical (unpaired) electrons. The van der Waals surface area contributed by atoms with Crippen molar-refractivity contribution in [1.29, 1.82) is 0 Å². The number of carbonyl (C=O) groups is 4. The molecule has 4 amide bonds. The van der Waals surface area contributed by atoms with Crippen LogP contribution < -0.4 is 15.0 Å². The molecule has 2 heterocycles. The number of methoxy groups -OCH3 is 1. The summed E-state index contributed by atoms with van der Waals surface area (Å²) < 4.78 is 18.9. The summed E-state index contributed by atoms with van der Waals surface area (Å²) in [5.41, 5.74) is 1.36. The number of hydrogen-bond acceptors (Lipinski definition) is 6. The van der Waals surface area contributed by atoms with Crippen LogP contribution in [0.4, 0.5) is 10.1 Å². The van der Waals surface area contributed by atoms with Crippen LogP contribution in [0, 0.1) is 29.5 Å². The van der Waals surface area contributed by atoms with Gasteiger partial charge in [-0.3, -0.25) is 24.5 Å². The predicted octanol–water partition coefficient (Wildman–Crippen LogP) is 3.94. The number of allylic oxidation sites excluding steroid dienone is 3. The van der Waals surface area contributed by atoms with Crippen LogP contribution in [0.3, 0.4) is 0 Å². The molecular formula is C29H23Cl2FN2O6. The summed E-state index contributed by atoms with van der Waals surface area (Å²) in [7, 11) is 1.41. The van der Waals surface area contributed by atoms with Gasteiger partial charge in [0.1, 0.15) is 5.82 Å². The van der Waals surface area contributed by atoms with Crippen LogP contribution in [0.15, 0.2) is 60.2 Å². The molecule has 2 N–H and O–H groups in total. The SMILES string of the molecule is COc1cc(C=CC2C3=CCC4C(=O)NC(=O)C4C3CC3(Cl)C(=O)N(c4ccc(F)cc4)C(=O)C23Cl)ccc1O. The smallest absolute Gasteiger partial charge is 0.258 e. The van der Waals surface area contributed by atoms with Crippen molar-refractivity contribution in [2.75, 3.05) is 12.0 Å². The van der Waals surface area contributed by atoms with Crippen LogP contribution in [-0.2, 0) is 19.2 Å². The second-order valence-corrected chi connectivity index (χ2v) is 11.7. The van der Waals surface area contributed by atoms with Gasteiger partial charge in [-0.15, -0.1) is 23.2 Å². The second-order valence-electron chi connectivity index (χ2n) is 10.4. The number of benzene rings is 2. The minimum Gasteiger partial charge on any atom is -0.504 e. The first-order valence-electron chi connectivity index (χ1n) is 12.6. The third-order valence-electron chi connectivity index (χ3n) is 8.48. The van der Waals surface area contributed by atoms with Gasteiger partial charge in [-0.05, 0) is 60.7 Å². The van der Waals surface area contributed by atoms with Crippen LogP contribution in [0.2, 0.25) is 0 Å². The standard InChI is InChI=1S/C29H23Cl2FN2O6/c1-40-22-12-14(3-11-21(22)35)2-10-20-17-8-9-18-23(25(37)33-24(18)36)19(17)13-28(30)26(38)34(27(39)29(20,28)31)16-6-4-15(32)5-7-16/h2-8,10-12,18-20,23,35H,9,13H2,1H3,(H,33,36,37). The van der Waals surface area contributed by atoms with Crippen LogP contribution in [0.25, 0.3) is 6.08 Å². The molecule has 40 heavy (non-hydrogen) atoms. The van der Waals surface area contributed by atoms with E-state index in [4.69, 9.17) is 27.9 Å². The summed E-state index contributed by atoms with van der Waals surface area (Å²) in [6, 6.07) is 9.49. The Hall–Kier alpha value is -3.69. The maximum absolute atomic E-state index is 14.1. The lowest BCUT2D eigenvalue weighted by atomic mass is 9.57. The summed E-state index contributed by atoms with van der Waals surface area (Å²) in [6.07, 6.45) is 5.25. The quantitative estimate of drug-likeness (QED) is 0.320. The van der Waals surface area contributed by atoms with Crippen LogP contribution >= 0.6 is 23.2 Å². The molecule has 4 aliphatic rings. The van der Waals surface area contributed by atoms with Gasteiger partial charge in [0.2, 0.25) is 11.8 Å². The Morgan fingerprint density at radius 1 is 1.05 bits per heavy atom. The highest BCUT2D eigenvalue weighted by Gasteiger charge is 2.75. The van der Waals surface area contributed by atoms with E-state index in [1.54, 1.807) is 24.3 Å². The highest BCUT2D eigenvalue weighted by molar-refractivity contribution is 6.57. The molecule has 2 aromatic rings. The first-order valence-corrected chi connectivity index (χ1v) is 13.4. The fourth-order valence-electron chi connectivity index (χ4n) is 6.56. The number of alkyl halides is 2. The van der Waals surface area contributed by atoms with Gasteiger partial charge in [0.05, 0.1) is 24.6 Å². The molecule has 206 valence electrons. The van der Waals surface area contributed by atoms with E-state index < -0.39 is 57.0 Å². The number of nitrogens with zero attached hydrogens (tertiary/aromatic N) is 1. The molecule has 2 saturated heterocycles. The van der Waals surface area contributed by atoms with Gasteiger partial charge in [0.25, 0.3) is 11.8 Å². The summed E-state index contributed by atoms with van der Waals surface area (Å²) in [5.74, 6) is -5.74. The highest BCUT2D eigenvalue weighted by atomic mass is 35.5. The summed E-state index contributed by atoms with van der Waals surface area (Å²) >= 11 is 14.4. The van der Waals surface area contributed by atoms with Crippen LogP contribution in [0.1, 0.15) is 18.4 Å². The minimum atomic E-state index is -1.99. The summed E-state index contributed by atoms with van der Waals surface area (Å²) in [5, 5.41) is 12.4. The fraction of sp³-hybridized carbons (Fsp3) is 0.310. The van der Waals surface area contributed by atoms with Crippen molar-refractivity contribution >= 4 is 58.6 Å². The number of phenolic OH excluding ortho intramolecular Hbond substituents is 1. The van der Waals surface area contributed by atoms with E-state index in [0.29, 0.717) is 11.1 Å². The van der Waals surface area contributed by atoms with E-state index in [1.165, 1.54) is 25.3 Å². The number of amides is 4. The minimum absolute atomic E-state index is 0.0598. The molecule has 2 aliphatic heterocycles. The zero-order chi connectivity index (χ0) is 28.6. The molecule has 0 spiro atoms. The number of fused-ring (bicyclic) bond motifs is 4. The van der Waals surface area contributed by atoms with Crippen LogP contribution in [-0.4, -0.2) is 45.6 Å². The van der Waals surface area contributed by atoms with Gasteiger partial charge < -0.3 is 9.84 Å². The van der Waals surface area contributed by atoms with Crippen molar-refractivity contribution < 1.29 is 33.4 Å². The second kappa shape index (κ2) is 9.17. The van der Waals surface area contributed by atoms with Crippen LogP contribution in [0.5, 0.6) is 11.5 Å². The number of ether oxygens (including phenoxy) is 1. The molecule has 6 rings (SSSR count). The molecule has 0 aromatic heterocycles. The number of aromatic hydroxyl groups is 1. The van der Waals surface area contributed by atoms with Crippen molar-refractivity contribution in [3.63, 3.8) is 0 Å². The van der Waals surface area contributed by atoms with Crippen molar-refractivity contribution in [2.24, 2.45) is 23.7 Å². The topological polar surface area (TPSA) is 113 Å². The normalized spacial score (nSPS) is 33.0. The summed E-state index contributed by atoms with van der Waals surface area (Å²) in [6.45, 7) is 0. The monoisotopic (exact) mass is 584 g/mol. The molecule has 6 atom stereocenters. The van der Waals surface area contributed by atoms with Gasteiger partial charge in [0, 0.05) is 5.92 Å². The zero-order valence-electron chi connectivity index (χ0n) is 21.1. The van der Waals surface area contributed by atoms with E-state index in [0.717, 1.165) is 17.0 Å². The Morgan fingerprint density at radius 3 is 2.48 bits per heavy atom. The zero-order valence-corrected chi connectivity index (χ0v) is 22.6. The highest BCUT2D eigenvalue weighted by Crippen LogP contribution is 2.63. The van der Waals surface area contributed by atoms with E-state index in [-0.39, 0.29) is 35.9 Å². The Kier molecular flexibility index (Phi) is 6.08. The third kappa shape index (κ3) is 3.57. The molecule has 0 bridgehead atoms. The van der Waals surface area contributed by atoms with Crippen molar-refractivity contribution in [3.05, 3.63) is 71.6 Å². The lowest BCUT2D eigenvalue weighted by Gasteiger charge is -2.49. The number of anilines is 1. The molecule has 1 saturated carbocycles. The number of carbonyl (C=O) groups excluding carboxylic acids is 4. The Balaban J connectivity index is 1.51. The molecule has 11 heteroatoms. The van der Waals surface area contributed by atoms with Gasteiger partial charge in [-0.2, -0.15) is 0 Å². The Bertz CT molecular complexity index is 1540. The number of phenols is 1. The van der Waals surface area contributed by atoms with Gasteiger partial charge in [-0.25, -0.2) is 9.29 Å². The average molecular weight is 585 g/mol. The van der Waals surface area contributed by atoms with Gasteiger partial charge >= 0.3 is 0 Å². The van der Waals surface area contributed by atoms with Crippen molar-refractivity contribution in [2.45, 2.75) is 22.6 Å². The van der Waals surface area contributed by atoms with E-state index in [1.807, 2.05) is 6.08 Å². The molecule has 6 unspecified atom stereocenters. The van der Waals surface area contributed by atoms with Crippen molar-refractivity contribution in [3.8, 4) is 11.5 Å². The van der Waals surface area contributed by atoms with E-state index in [2.05, 4.69) is 5.32 Å². The Labute approximate surface area is 238 Å². The maximum atomic E-state index is 14.1. The lowest BCUT2D eigenvalue weighted by molar-refractivity contribution is -0.127. The Morgan fingerprint density at radius 2 is 1.77 bits per heavy atom. The molecule has 3 fully saturated rings. The number of halogens is 3. The first kappa shape index (κ1) is 26.5. The molecule has 8 nitrogen and oxygen atoms in total. The largest absolute Gasteiger partial charge is 0.504 e. The maximum Gasteiger partial charge on any atom is 0.258 e. The number of imide groups is 2. The van der Waals surface area contributed by atoms with E-state index >= 15 is 0 Å². The molecular weight excluding hydrogens is 562 g/mol.